The van der Waals surface area contributed by atoms with Crippen molar-refractivity contribution in [2.24, 2.45) is 5.73 Å². The van der Waals surface area contributed by atoms with E-state index in [1.54, 1.807) is 29.3 Å². The van der Waals surface area contributed by atoms with Crippen LogP contribution in [0.1, 0.15) is 35.2 Å². The van der Waals surface area contributed by atoms with Crippen LogP contribution < -0.4 is 10.7 Å². The van der Waals surface area contributed by atoms with E-state index in [0.717, 1.165) is 32.2 Å². The number of hydrogen-bond donors (Lipinski definition) is 1. The van der Waals surface area contributed by atoms with Crippen molar-refractivity contribution in [2.75, 3.05) is 17.4 Å². The lowest BCUT2D eigenvalue weighted by Gasteiger charge is -2.43. The topological polar surface area (TPSA) is 66.6 Å². The van der Waals surface area contributed by atoms with Gasteiger partial charge < -0.3 is 5.73 Å². The molecule has 142 valence electrons. The fraction of sp³-hybridized carbons (Fsp3) is 0.333. The first-order valence-corrected chi connectivity index (χ1v) is 9.73. The minimum Gasteiger partial charge on any atom is -0.366 e. The first-order chi connectivity index (χ1) is 13.1. The summed E-state index contributed by atoms with van der Waals surface area (Å²) in [6, 6.07) is 17.3. The van der Waals surface area contributed by atoms with Crippen LogP contribution in [0.5, 0.6) is 0 Å². The number of hydrazine groups is 1. The summed E-state index contributed by atoms with van der Waals surface area (Å²) in [6.07, 6.45) is 4.04. The second-order valence-corrected chi connectivity index (χ2v) is 7.02. The van der Waals surface area contributed by atoms with Crippen molar-refractivity contribution < 1.29 is 9.59 Å². The summed E-state index contributed by atoms with van der Waals surface area (Å²) in [5.41, 5.74) is 7.69. The second-order valence-electron chi connectivity index (χ2n) is 6.75. The molecule has 0 bridgehead atoms. The number of amides is 2. The molecule has 0 saturated carbocycles. The van der Waals surface area contributed by atoms with Crippen molar-refractivity contribution >= 4 is 29.1 Å². The minimum atomic E-state index is -0.489. The summed E-state index contributed by atoms with van der Waals surface area (Å²) < 4.78 is 0. The first-order valence-electron chi connectivity index (χ1n) is 9.19. The van der Waals surface area contributed by atoms with E-state index < -0.39 is 5.91 Å². The van der Waals surface area contributed by atoms with Gasteiger partial charge in [0.25, 0.3) is 5.91 Å². The van der Waals surface area contributed by atoms with Crippen molar-refractivity contribution in [1.29, 1.82) is 0 Å². The molecule has 0 aromatic heterocycles. The molecule has 1 aliphatic heterocycles. The second kappa shape index (κ2) is 9.02. The predicted octanol–water partition coefficient (Wildman–Crippen LogP) is 3.37. The Morgan fingerprint density at radius 2 is 1.78 bits per heavy atom. The SMILES string of the molecule is NC(=O)c1ccc(N(C(=O)CCl)N2CCCCC2Cc2ccccc2)cc1. The number of carbonyl (C=O) groups excluding carboxylic acids is 2. The zero-order valence-electron chi connectivity index (χ0n) is 15.2. The highest BCUT2D eigenvalue weighted by molar-refractivity contribution is 6.29. The molecule has 6 heteroatoms. The molecule has 0 aliphatic carbocycles. The Kier molecular flexibility index (Phi) is 6.48. The Morgan fingerprint density at radius 3 is 2.41 bits per heavy atom. The molecule has 1 saturated heterocycles. The van der Waals surface area contributed by atoms with E-state index in [4.69, 9.17) is 17.3 Å². The Morgan fingerprint density at radius 1 is 1.07 bits per heavy atom. The fourth-order valence-corrected chi connectivity index (χ4v) is 3.71. The third-order valence-electron chi connectivity index (χ3n) is 4.91. The summed E-state index contributed by atoms with van der Waals surface area (Å²) in [7, 11) is 0. The molecule has 1 unspecified atom stereocenters. The van der Waals surface area contributed by atoms with Crippen LogP contribution in [0.4, 0.5) is 5.69 Å². The van der Waals surface area contributed by atoms with Crippen LogP contribution in [0.3, 0.4) is 0 Å². The molecule has 1 aliphatic rings. The third-order valence-corrected chi connectivity index (χ3v) is 5.14. The molecule has 3 rings (SSSR count). The number of alkyl halides is 1. The van der Waals surface area contributed by atoms with Gasteiger partial charge in [0.15, 0.2) is 0 Å². The molecule has 5 nitrogen and oxygen atoms in total. The predicted molar refractivity (Wildman–Crippen MR) is 108 cm³/mol. The quantitative estimate of drug-likeness (QED) is 0.775. The molecule has 0 spiro atoms. The number of benzene rings is 2. The molecule has 0 radical (unpaired) electrons. The van der Waals surface area contributed by atoms with Gasteiger partial charge in [-0.2, -0.15) is 0 Å². The molecule has 2 aromatic carbocycles. The zero-order valence-corrected chi connectivity index (χ0v) is 15.9. The van der Waals surface area contributed by atoms with E-state index in [1.165, 1.54) is 5.56 Å². The summed E-state index contributed by atoms with van der Waals surface area (Å²) in [5, 5.41) is 3.80. The van der Waals surface area contributed by atoms with Gasteiger partial charge in [-0.1, -0.05) is 36.8 Å². The monoisotopic (exact) mass is 385 g/mol. The Bertz CT molecular complexity index is 780. The van der Waals surface area contributed by atoms with Gasteiger partial charge in [0, 0.05) is 18.2 Å². The highest BCUT2D eigenvalue weighted by Gasteiger charge is 2.31. The van der Waals surface area contributed by atoms with Gasteiger partial charge in [-0.25, -0.2) is 10.0 Å². The Hall–Kier alpha value is -2.37. The summed E-state index contributed by atoms with van der Waals surface area (Å²) in [6.45, 7) is 0.789. The summed E-state index contributed by atoms with van der Waals surface area (Å²) in [4.78, 5) is 24.0. The van der Waals surface area contributed by atoms with E-state index in [0.29, 0.717) is 11.3 Å². The molecule has 2 amide bonds. The van der Waals surface area contributed by atoms with E-state index in [1.807, 2.05) is 18.2 Å². The van der Waals surface area contributed by atoms with E-state index in [-0.39, 0.29) is 17.8 Å². The van der Waals surface area contributed by atoms with E-state index in [2.05, 4.69) is 17.1 Å². The fourth-order valence-electron chi connectivity index (χ4n) is 3.60. The van der Waals surface area contributed by atoms with Crippen LogP contribution >= 0.6 is 11.6 Å². The lowest BCUT2D eigenvalue weighted by Crippen LogP contribution is -2.55. The molecular formula is C21H24ClN3O2. The number of hydrogen-bond acceptors (Lipinski definition) is 3. The number of carbonyl (C=O) groups is 2. The highest BCUT2D eigenvalue weighted by Crippen LogP contribution is 2.27. The van der Waals surface area contributed by atoms with Crippen LogP contribution in [0.25, 0.3) is 0 Å². The summed E-state index contributed by atoms with van der Waals surface area (Å²) in [5.74, 6) is -0.772. The van der Waals surface area contributed by atoms with Crippen LogP contribution in [-0.2, 0) is 11.2 Å². The number of anilines is 1. The van der Waals surface area contributed by atoms with Crippen molar-refractivity contribution in [1.82, 2.24) is 5.01 Å². The maximum atomic E-state index is 12.7. The van der Waals surface area contributed by atoms with Crippen molar-refractivity contribution in [2.45, 2.75) is 31.7 Å². The number of primary amides is 1. The normalized spacial score (nSPS) is 17.4. The van der Waals surface area contributed by atoms with Gasteiger partial charge in [-0.15, -0.1) is 11.6 Å². The first kappa shape index (κ1) is 19.4. The molecule has 1 atom stereocenters. The lowest BCUT2D eigenvalue weighted by atomic mass is 9.97. The van der Waals surface area contributed by atoms with Gasteiger partial charge in [-0.05, 0) is 49.1 Å². The molecule has 27 heavy (non-hydrogen) atoms. The maximum Gasteiger partial charge on any atom is 0.256 e. The van der Waals surface area contributed by atoms with Gasteiger partial charge in [-0.3, -0.25) is 9.59 Å². The van der Waals surface area contributed by atoms with Gasteiger partial charge in [0.05, 0.1) is 5.69 Å². The molecule has 2 aromatic rings. The van der Waals surface area contributed by atoms with Crippen molar-refractivity contribution in [3.8, 4) is 0 Å². The number of piperidine rings is 1. The van der Waals surface area contributed by atoms with Crippen LogP contribution in [0.2, 0.25) is 0 Å². The van der Waals surface area contributed by atoms with Gasteiger partial charge >= 0.3 is 0 Å². The van der Waals surface area contributed by atoms with Crippen molar-refractivity contribution in [3.05, 3.63) is 65.7 Å². The average molecular weight is 386 g/mol. The molecular weight excluding hydrogens is 362 g/mol. The third kappa shape index (κ3) is 4.67. The number of nitrogens with zero attached hydrogens (tertiary/aromatic N) is 2. The molecule has 2 N–H and O–H groups in total. The standard InChI is InChI=1S/C21H24ClN3O2/c22-15-20(26)25(18-11-9-17(10-12-18)21(23)27)24-13-5-4-8-19(24)14-16-6-2-1-3-7-16/h1-3,6-7,9-12,19H,4-5,8,13-15H2,(H2,23,27). The number of nitrogens with two attached hydrogens (primary N) is 1. The minimum absolute atomic E-state index is 0.105. The highest BCUT2D eigenvalue weighted by atomic mass is 35.5. The largest absolute Gasteiger partial charge is 0.366 e. The van der Waals surface area contributed by atoms with Crippen molar-refractivity contribution in [3.63, 3.8) is 0 Å². The van der Waals surface area contributed by atoms with Gasteiger partial charge in [0.1, 0.15) is 5.88 Å². The number of rotatable bonds is 6. The van der Waals surface area contributed by atoms with E-state index in [9.17, 15) is 9.59 Å². The van der Waals surface area contributed by atoms with Crippen LogP contribution in [0, 0.1) is 0 Å². The molecule has 1 fully saturated rings. The zero-order chi connectivity index (χ0) is 19.2. The smallest absolute Gasteiger partial charge is 0.256 e. The Labute approximate surface area is 164 Å². The Balaban J connectivity index is 1.89. The molecule has 1 heterocycles. The van der Waals surface area contributed by atoms with Gasteiger partial charge in [0.2, 0.25) is 5.91 Å². The number of halogens is 1. The maximum absolute atomic E-state index is 12.7. The van der Waals surface area contributed by atoms with E-state index >= 15 is 0 Å². The average Bonchev–Trinajstić information content (AvgIpc) is 2.70. The summed E-state index contributed by atoms with van der Waals surface area (Å²) >= 11 is 5.91. The van der Waals surface area contributed by atoms with Crippen LogP contribution in [-0.4, -0.2) is 35.3 Å². The lowest BCUT2D eigenvalue weighted by molar-refractivity contribution is -0.120. The van der Waals surface area contributed by atoms with Crippen LogP contribution in [0.15, 0.2) is 54.6 Å².